The second kappa shape index (κ2) is 10.8. The topological polar surface area (TPSA) is 35.5 Å². The van der Waals surface area contributed by atoms with E-state index in [-0.39, 0.29) is 12.0 Å². The maximum atomic E-state index is 12.7. The van der Waals surface area contributed by atoms with E-state index in [4.69, 9.17) is 9.47 Å². The van der Waals surface area contributed by atoms with Gasteiger partial charge in [0.15, 0.2) is 8.07 Å². The van der Waals surface area contributed by atoms with Gasteiger partial charge in [0.25, 0.3) is 0 Å². The molecule has 0 fully saturated rings. The summed E-state index contributed by atoms with van der Waals surface area (Å²) in [5, 5.41) is 3.99. The molecule has 0 bridgehead atoms. The highest BCUT2D eigenvalue weighted by Crippen LogP contribution is 2.34. The predicted molar refractivity (Wildman–Crippen MR) is 148 cm³/mol. The zero-order valence-electron chi connectivity index (χ0n) is 20.4. The van der Waals surface area contributed by atoms with Crippen LogP contribution in [0.1, 0.15) is 17.9 Å². The minimum Gasteiger partial charge on any atom is -0.484 e. The molecular weight excluding hydrogens is 460 g/mol. The number of carbonyl (C=O) groups is 1. The highest BCUT2D eigenvalue weighted by Gasteiger charge is 2.43. The molecule has 1 aliphatic rings. The smallest absolute Gasteiger partial charge is 0.373 e. The third-order valence-electron chi connectivity index (χ3n) is 7.11. The average molecular weight is 491 g/mol. The van der Waals surface area contributed by atoms with Crippen molar-refractivity contribution in [2.45, 2.75) is 24.5 Å². The number of carbonyl (C=O) groups excluding carboxylic acids is 1. The first-order valence-corrected chi connectivity index (χ1v) is 14.6. The second-order valence-electron chi connectivity index (χ2n) is 9.22. The van der Waals surface area contributed by atoms with E-state index < -0.39 is 14.0 Å². The monoisotopic (exact) mass is 490 g/mol. The number of esters is 1. The number of ether oxygens (including phenoxy) is 2. The van der Waals surface area contributed by atoms with E-state index in [2.05, 4.69) is 103 Å². The number of allylic oxidation sites excluding steroid dienone is 1. The van der Waals surface area contributed by atoms with Crippen molar-refractivity contribution in [3.8, 4) is 0 Å². The van der Waals surface area contributed by atoms with E-state index in [0.29, 0.717) is 5.76 Å². The molecule has 4 aromatic carbocycles. The van der Waals surface area contributed by atoms with Crippen LogP contribution in [0, 0.1) is 0 Å². The lowest BCUT2D eigenvalue weighted by atomic mass is 9.91. The Morgan fingerprint density at radius 3 is 1.64 bits per heavy atom. The Morgan fingerprint density at radius 1 is 0.750 bits per heavy atom. The van der Waals surface area contributed by atoms with Crippen LogP contribution in [0.2, 0.25) is 6.04 Å². The van der Waals surface area contributed by atoms with E-state index in [1.165, 1.54) is 28.2 Å². The summed E-state index contributed by atoms with van der Waals surface area (Å²) in [6.07, 6.45) is 2.57. The normalized spacial score (nSPS) is 17.5. The fourth-order valence-electron chi connectivity index (χ4n) is 5.44. The molecule has 0 unspecified atom stereocenters. The van der Waals surface area contributed by atoms with Crippen LogP contribution >= 0.6 is 0 Å². The van der Waals surface area contributed by atoms with Gasteiger partial charge in [-0.3, -0.25) is 0 Å². The summed E-state index contributed by atoms with van der Waals surface area (Å²) in [5.41, 5.74) is 1.18. The SMILES string of the molecule is COC(=O)C1=C[C@@H](c2ccccc2)C[C@@H](C[Si](c2ccccc2)(c2ccccc2)c2ccccc2)O1. The Balaban J connectivity index is 1.64. The van der Waals surface area contributed by atoms with Crippen molar-refractivity contribution in [1.82, 2.24) is 0 Å². The lowest BCUT2D eigenvalue weighted by molar-refractivity contribution is -0.141. The van der Waals surface area contributed by atoms with Gasteiger partial charge in [-0.05, 0) is 39.7 Å². The van der Waals surface area contributed by atoms with Crippen molar-refractivity contribution in [1.29, 1.82) is 0 Å². The van der Waals surface area contributed by atoms with Crippen molar-refractivity contribution >= 4 is 29.6 Å². The summed E-state index contributed by atoms with van der Waals surface area (Å²) in [7, 11) is -1.11. The van der Waals surface area contributed by atoms with Crippen LogP contribution in [0.5, 0.6) is 0 Å². The van der Waals surface area contributed by atoms with Gasteiger partial charge in [-0.1, -0.05) is 121 Å². The minimum absolute atomic E-state index is 0.0769. The molecule has 5 rings (SSSR count). The van der Waals surface area contributed by atoms with E-state index in [9.17, 15) is 4.79 Å². The summed E-state index contributed by atoms with van der Waals surface area (Å²) in [5.74, 6) is -0.0419. The van der Waals surface area contributed by atoms with Crippen molar-refractivity contribution in [3.05, 3.63) is 139 Å². The number of hydrogen-bond donors (Lipinski definition) is 0. The van der Waals surface area contributed by atoms with Crippen LogP contribution in [0.15, 0.2) is 133 Å². The number of rotatable bonds is 7. The molecule has 3 nitrogen and oxygen atoms in total. The van der Waals surface area contributed by atoms with Crippen LogP contribution in [0.3, 0.4) is 0 Å². The fourth-order valence-corrected chi connectivity index (χ4v) is 10.4. The molecule has 0 radical (unpaired) electrons. The van der Waals surface area contributed by atoms with Gasteiger partial charge in [0.2, 0.25) is 5.76 Å². The first-order valence-electron chi connectivity index (χ1n) is 12.4. The van der Waals surface area contributed by atoms with E-state index in [1.54, 1.807) is 0 Å². The molecule has 0 spiro atoms. The van der Waals surface area contributed by atoms with Crippen molar-refractivity contribution in [2.75, 3.05) is 7.11 Å². The largest absolute Gasteiger partial charge is 0.484 e. The molecule has 1 heterocycles. The van der Waals surface area contributed by atoms with Gasteiger partial charge in [0.05, 0.1) is 13.2 Å². The summed E-state index contributed by atoms with van der Waals surface area (Å²) < 4.78 is 11.5. The molecule has 180 valence electrons. The molecule has 0 aromatic heterocycles. The lowest BCUT2D eigenvalue weighted by Gasteiger charge is -2.39. The minimum atomic E-state index is -2.52. The van der Waals surface area contributed by atoms with Crippen LogP contribution in [0.25, 0.3) is 0 Å². The molecule has 0 saturated carbocycles. The molecular formula is C32H30O3Si. The molecule has 0 saturated heterocycles. The van der Waals surface area contributed by atoms with Gasteiger partial charge >= 0.3 is 5.97 Å². The average Bonchev–Trinajstić information content (AvgIpc) is 2.97. The Morgan fingerprint density at radius 2 is 1.19 bits per heavy atom. The van der Waals surface area contributed by atoms with E-state index >= 15 is 0 Å². The van der Waals surface area contributed by atoms with Crippen molar-refractivity contribution < 1.29 is 14.3 Å². The number of hydrogen-bond acceptors (Lipinski definition) is 3. The summed E-state index contributed by atoms with van der Waals surface area (Å²) in [6, 6.07) is 43.6. The van der Waals surface area contributed by atoms with Crippen LogP contribution in [-0.4, -0.2) is 27.3 Å². The van der Waals surface area contributed by atoms with Gasteiger partial charge < -0.3 is 9.47 Å². The van der Waals surface area contributed by atoms with Crippen LogP contribution in [0.4, 0.5) is 0 Å². The Labute approximate surface area is 214 Å². The molecule has 0 aliphatic carbocycles. The van der Waals surface area contributed by atoms with Crippen molar-refractivity contribution in [2.24, 2.45) is 0 Å². The first-order chi connectivity index (χ1) is 17.7. The Bertz CT molecular complexity index is 1210. The van der Waals surface area contributed by atoms with Gasteiger partial charge in [-0.25, -0.2) is 4.79 Å². The van der Waals surface area contributed by atoms with E-state index in [0.717, 1.165) is 12.5 Å². The van der Waals surface area contributed by atoms with Gasteiger partial charge in [-0.2, -0.15) is 0 Å². The zero-order valence-corrected chi connectivity index (χ0v) is 21.4. The third-order valence-corrected chi connectivity index (χ3v) is 12.1. The summed E-state index contributed by atoms with van der Waals surface area (Å²) >= 11 is 0. The molecule has 1 aliphatic heterocycles. The maximum Gasteiger partial charge on any atom is 0.373 e. The fraction of sp³-hybridized carbons (Fsp3) is 0.156. The standard InChI is InChI=1S/C32H30O3Si/c1-34-32(33)31-23-26(25-14-6-2-7-15-25)22-27(35-31)24-36(28-16-8-3-9-17-28,29-18-10-4-11-19-29)30-20-12-5-13-21-30/h2-21,23,26-27H,22,24H2,1H3/t26-,27-/m0/s1. The quantitative estimate of drug-likeness (QED) is 0.212. The van der Waals surface area contributed by atoms with Gasteiger partial charge in [0, 0.05) is 5.92 Å². The molecule has 36 heavy (non-hydrogen) atoms. The van der Waals surface area contributed by atoms with E-state index in [1.807, 2.05) is 24.3 Å². The predicted octanol–water partition coefficient (Wildman–Crippen LogP) is 4.79. The maximum absolute atomic E-state index is 12.7. The van der Waals surface area contributed by atoms with Crippen molar-refractivity contribution in [3.63, 3.8) is 0 Å². The Kier molecular flexibility index (Phi) is 7.15. The first kappa shape index (κ1) is 23.8. The lowest BCUT2D eigenvalue weighted by Crippen LogP contribution is -2.68. The number of methoxy groups -OCH3 is 1. The summed E-state index contributed by atoms with van der Waals surface area (Å²) in [4.78, 5) is 12.7. The molecule has 0 amide bonds. The van der Waals surface area contributed by atoms with Gasteiger partial charge in [-0.15, -0.1) is 0 Å². The molecule has 4 heteroatoms. The zero-order chi connectivity index (χ0) is 24.8. The molecule has 4 aromatic rings. The number of benzene rings is 4. The highest BCUT2D eigenvalue weighted by molar-refractivity contribution is 7.11. The van der Waals surface area contributed by atoms with Crippen LogP contribution < -0.4 is 15.6 Å². The Hall–Kier alpha value is -3.89. The highest BCUT2D eigenvalue weighted by atomic mass is 28.3. The van der Waals surface area contributed by atoms with Crippen LogP contribution in [-0.2, 0) is 14.3 Å². The molecule has 2 atom stereocenters. The van der Waals surface area contributed by atoms with Gasteiger partial charge in [0.1, 0.15) is 0 Å². The summed E-state index contributed by atoms with van der Waals surface area (Å²) in [6.45, 7) is 0. The molecule has 0 N–H and O–H groups in total. The second-order valence-corrected chi connectivity index (χ2v) is 13.2. The third kappa shape index (κ3) is 4.77.